The van der Waals surface area contributed by atoms with E-state index in [2.05, 4.69) is 35.6 Å². The van der Waals surface area contributed by atoms with Crippen LogP contribution in [0.4, 0.5) is 0 Å². The van der Waals surface area contributed by atoms with Gasteiger partial charge in [-0.3, -0.25) is 0 Å². The van der Waals surface area contributed by atoms with Crippen molar-refractivity contribution in [3.63, 3.8) is 0 Å². The predicted octanol–water partition coefficient (Wildman–Crippen LogP) is 4.64. The first-order chi connectivity index (χ1) is 9.24. The highest BCUT2D eigenvalue weighted by Gasteiger charge is 2.37. The van der Waals surface area contributed by atoms with Gasteiger partial charge in [-0.25, -0.2) is 0 Å². The second kappa shape index (κ2) is 5.54. The van der Waals surface area contributed by atoms with Crippen LogP contribution in [-0.4, -0.2) is 6.04 Å². The van der Waals surface area contributed by atoms with Crippen LogP contribution in [0.15, 0.2) is 48.5 Å². The van der Waals surface area contributed by atoms with Crippen LogP contribution in [0.3, 0.4) is 0 Å². The molecule has 0 aliphatic heterocycles. The fourth-order valence-corrected chi connectivity index (χ4v) is 2.71. The van der Waals surface area contributed by atoms with Crippen molar-refractivity contribution in [1.82, 2.24) is 5.32 Å². The number of halogens is 2. The summed E-state index contributed by atoms with van der Waals surface area (Å²) in [5.41, 5.74) is 2.60. The molecule has 1 saturated carbocycles. The summed E-state index contributed by atoms with van der Waals surface area (Å²) in [7, 11) is 0. The highest BCUT2D eigenvalue weighted by Crippen LogP contribution is 2.40. The Morgan fingerprint density at radius 3 is 2.53 bits per heavy atom. The molecule has 1 fully saturated rings. The molecule has 1 nitrogen and oxygen atoms in total. The van der Waals surface area contributed by atoms with E-state index in [9.17, 15) is 0 Å². The van der Waals surface area contributed by atoms with Crippen molar-refractivity contribution in [3.8, 4) is 0 Å². The Labute approximate surface area is 123 Å². The lowest BCUT2D eigenvalue weighted by atomic mass is 10.1. The van der Waals surface area contributed by atoms with Crippen LogP contribution in [0, 0.1) is 0 Å². The fraction of sp³-hybridized carbons (Fsp3) is 0.250. The van der Waals surface area contributed by atoms with Crippen molar-refractivity contribution in [1.29, 1.82) is 0 Å². The Morgan fingerprint density at radius 2 is 1.79 bits per heavy atom. The molecule has 2 atom stereocenters. The molecule has 2 aromatic rings. The molecule has 0 spiro atoms. The number of benzene rings is 2. The molecule has 3 rings (SSSR count). The molecular weight excluding hydrogens is 277 g/mol. The first-order valence-electron chi connectivity index (χ1n) is 6.46. The zero-order valence-electron chi connectivity index (χ0n) is 10.4. The zero-order chi connectivity index (χ0) is 13.2. The molecule has 1 aliphatic rings. The van der Waals surface area contributed by atoms with Crippen molar-refractivity contribution >= 4 is 23.2 Å². The molecule has 98 valence electrons. The van der Waals surface area contributed by atoms with E-state index in [0.29, 0.717) is 22.0 Å². The molecule has 0 amide bonds. The van der Waals surface area contributed by atoms with Crippen molar-refractivity contribution in [2.75, 3.05) is 0 Å². The van der Waals surface area contributed by atoms with E-state index in [0.717, 1.165) is 6.54 Å². The second-order valence-electron chi connectivity index (χ2n) is 4.99. The van der Waals surface area contributed by atoms with Gasteiger partial charge < -0.3 is 5.32 Å². The van der Waals surface area contributed by atoms with Crippen molar-refractivity contribution < 1.29 is 0 Å². The van der Waals surface area contributed by atoms with Gasteiger partial charge in [0.2, 0.25) is 0 Å². The molecule has 3 heteroatoms. The summed E-state index contributed by atoms with van der Waals surface area (Å²) in [4.78, 5) is 0. The van der Waals surface area contributed by atoms with Gasteiger partial charge in [0.15, 0.2) is 0 Å². The largest absolute Gasteiger partial charge is 0.309 e. The highest BCUT2D eigenvalue weighted by molar-refractivity contribution is 6.42. The molecule has 2 unspecified atom stereocenters. The average Bonchev–Trinajstić information content (AvgIpc) is 3.21. The van der Waals surface area contributed by atoms with Gasteiger partial charge in [-0.2, -0.15) is 0 Å². The monoisotopic (exact) mass is 291 g/mol. The van der Waals surface area contributed by atoms with Crippen LogP contribution < -0.4 is 5.32 Å². The van der Waals surface area contributed by atoms with Gasteiger partial charge in [-0.15, -0.1) is 0 Å². The van der Waals surface area contributed by atoms with Gasteiger partial charge in [0.1, 0.15) is 0 Å². The molecule has 2 aromatic carbocycles. The smallest absolute Gasteiger partial charge is 0.0595 e. The summed E-state index contributed by atoms with van der Waals surface area (Å²) < 4.78 is 0. The average molecular weight is 292 g/mol. The van der Waals surface area contributed by atoms with Gasteiger partial charge in [-0.05, 0) is 29.7 Å². The first-order valence-corrected chi connectivity index (χ1v) is 7.22. The number of hydrogen-bond donors (Lipinski definition) is 1. The van der Waals surface area contributed by atoms with E-state index in [1.54, 1.807) is 0 Å². The third kappa shape index (κ3) is 3.11. The Balaban J connectivity index is 1.56. The molecule has 19 heavy (non-hydrogen) atoms. The lowest BCUT2D eigenvalue weighted by molar-refractivity contribution is 0.673. The maximum Gasteiger partial charge on any atom is 0.0595 e. The molecule has 1 N–H and O–H groups in total. The van der Waals surface area contributed by atoms with Gasteiger partial charge in [0.05, 0.1) is 10.0 Å². The molecule has 1 aliphatic carbocycles. The van der Waals surface area contributed by atoms with Gasteiger partial charge in [0.25, 0.3) is 0 Å². The van der Waals surface area contributed by atoms with Crippen LogP contribution >= 0.6 is 23.2 Å². The third-order valence-corrected chi connectivity index (χ3v) is 4.31. The number of rotatable bonds is 4. The highest BCUT2D eigenvalue weighted by atomic mass is 35.5. The Morgan fingerprint density at radius 1 is 1.00 bits per heavy atom. The standard InChI is InChI=1S/C16H15Cl2N/c17-14-7-6-11(8-15(14)18)10-19-16-9-13(16)12-4-2-1-3-5-12/h1-8,13,16,19H,9-10H2. The second-order valence-corrected chi connectivity index (χ2v) is 5.80. The quantitative estimate of drug-likeness (QED) is 0.865. The van der Waals surface area contributed by atoms with E-state index < -0.39 is 0 Å². The van der Waals surface area contributed by atoms with Crippen molar-refractivity contribution in [3.05, 3.63) is 69.7 Å². The van der Waals surface area contributed by atoms with E-state index in [-0.39, 0.29) is 0 Å². The van der Waals surface area contributed by atoms with E-state index in [1.807, 2.05) is 18.2 Å². The fourth-order valence-electron chi connectivity index (χ4n) is 2.39. The summed E-state index contributed by atoms with van der Waals surface area (Å²) >= 11 is 11.9. The lowest BCUT2D eigenvalue weighted by Gasteiger charge is -2.06. The van der Waals surface area contributed by atoms with Gasteiger partial charge >= 0.3 is 0 Å². The maximum atomic E-state index is 6.01. The summed E-state index contributed by atoms with van der Waals surface area (Å²) in [5.74, 6) is 0.656. The zero-order valence-corrected chi connectivity index (χ0v) is 12.0. The number of nitrogens with one attached hydrogen (secondary N) is 1. The minimum atomic E-state index is 0.580. The SMILES string of the molecule is Clc1ccc(CNC2CC2c2ccccc2)cc1Cl. The van der Waals surface area contributed by atoms with Crippen LogP contribution in [0.5, 0.6) is 0 Å². The van der Waals surface area contributed by atoms with E-state index in [1.165, 1.54) is 17.5 Å². The van der Waals surface area contributed by atoms with Crippen LogP contribution in [0.1, 0.15) is 23.5 Å². The van der Waals surface area contributed by atoms with E-state index >= 15 is 0 Å². The Hall–Kier alpha value is -1.02. The maximum absolute atomic E-state index is 6.01. The molecule has 0 saturated heterocycles. The molecule has 0 aromatic heterocycles. The number of hydrogen-bond acceptors (Lipinski definition) is 1. The van der Waals surface area contributed by atoms with Crippen molar-refractivity contribution in [2.45, 2.75) is 24.9 Å². The minimum Gasteiger partial charge on any atom is -0.309 e. The van der Waals surface area contributed by atoms with Gasteiger partial charge in [0, 0.05) is 18.5 Å². The summed E-state index contributed by atoms with van der Waals surface area (Å²) in [6, 6.07) is 17.0. The Kier molecular flexibility index (Phi) is 3.79. The van der Waals surface area contributed by atoms with E-state index in [4.69, 9.17) is 23.2 Å². The summed E-state index contributed by atoms with van der Waals surface area (Å²) in [6.45, 7) is 0.838. The third-order valence-electron chi connectivity index (χ3n) is 3.57. The van der Waals surface area contributed by atoms with Crippen LogP contribution in [-0.2, 0) is 6.54 Å². The topological polar surface area (TPSA) is 12.0 Å². The molecule has 0 bridgehead atoms. The molecule has 0 heterocycles. The summed E-state index contributed by atoms with van der Waals surface area (Å²) in [6.07, 6.45) is 1.21. The first kappa shape index (κ1) is 13.0. The molecule has 0 radical (unpaired) electrons. The van der Waals surface area contributed by atoms with Crippen LogP contribution in [0.25, 0.3) is 0 Å². The van der Waals surface area contributed by atoms with Crippen LogP contribution in [0.2, 0.25) is 10.0 Å². The predicted molar refractivity (Wildman–Crippen MR) is 80.9 cm³/mol. The molecular formula is C16H15Cl2N. The van der Waals surface area contributed by atoms with Gasteiger partial charge in [-0.1, -0.05) is 59.6 Å². The minimum absolute atomic E-state index is 0.580. The lowest BCUT2D eigenvalue weighted by Crippen LogP contribution is -2.17. The van der Waals surface area contributed by atoms with Crippen molar-refractivity contribution in [2.24, 2.45) is 0 Å². The summed E-state index contributed by atoms with van der Waals surface area (Å²) in [5, 5.41) is 4.80. The Bertz CT molecular complexity index is 568. The normalized spacial score (nSPS) is 21.4.